The molecule has 0 aromatic heterocycles. The maximum Gasteiger partial charge on any atom is 0.222 e. The van der Waals surface area contributed by atoms with Gasteiger partial charge >= 0.3 is 0 Å². The molecule has 1 aliphatic heterocycles. The molecule has 27 heavy (non-hydrogen) atoms. The van der Waals surface area contributed by atoms with Crippen LogP contribution < -0.4 is 15.5 Å². The van der Waals surface area contributed by atoms with Crippen LogP contribution in [0.2, 0.25) is 0 Å². The van der Waals surface area contributed by atoms with Gasteiger partial charge in [0, 0.05) is 57.1 Å². The first kappa shape index (κ1) is 19.2. The van der Waals surface area contributed by atoms with Crippen LogP contribution in [0.3, 0.4) is 0 Å². The minimum absolute atomic E-state index is 0.0668. The molecule has 0 radical (unpaired) electrons. The van der Waals surface area contributed by atoms with Crippen LogP contribution in [0.4, 0.5) is 11.4 Å². The van der Waals surface area contributed by atoms with Crippen molar-refractivity contribution in [2.24, 2.45) is 0 Å². The Morgan fingerprint density at radius 1 is 0.963 bits per heavy atom. The molecule has 1 aliphatic rings. The zero-order valence-electron chi connectivity index (χ0n) is 16.4. The number of likely N-dealkylation sites (N-methyl/N-ethyl adjacent to an activating group) is 1. The van der Waals surface area contributed by atoms with E-state index >= 15 is 0 Å². The predicted octanol–water partition coefficient (Wildman–Crippen LogP) is 2.87. The zero-order valence-corrected chi connectivity index (χ0v) is 16.4. The second kappa shape index (κ2) is 9.42. The van der Waals surface area contributed by atoms with Crippen LogP contribution in [0.1, 0.15) is 17.5 Å². The van der Waals surface area contributed by atoms with E-state index in [1.807, 2.05) is 0 Å². The number of amides is 1. The fraction of sp³-hybridized carbons (Fsp3) is 0.409. The standard InChI is InChI=1S/C22H30N4O/c1-18-3-5-19(6-4-18)17-24-22(27)11-12-23-20-7-9-21(10-8-20)26-15-13-25(2)14-16-26/h3-10,23H,11-17H2,1-2H3,(H,24,27). The summed E-state index contributed by atoms with van der Waals surface area (Å²) in [5.41, 5.74) is 4.68. The summed E-state index contributed by atoms with van der Waals surface area (Å²) in [5.74, 6) is 0.0668. The fourth-order valence-electron chi connectivity index (χ4n) is 3.17. The Kier molecular flexibility index (Phi) is 6.71. The van der Waals surface area contributed by atoms with E-state index < -0.39 is 0 Å². The van der Waals surface area contributed by atoms with Crippen molar-refractivity contribution in [1.29, 1.82) is 0 Å². The second-order valence-electron chi connectivity index (χ2n) is 7.28. The summed E-state index contributed by atoms with van der Waals surface area (Å²) in [6.07, 6.45) is 0.464. The highest BCUT2D eigenvalue weighted by atomic mass is 16.1. The van der Waals surface area contributed by atoms with Gasteiger partial charge < -0.3 is 20.4 Å². The number of aryl methyl sites for hydroxylation is 1. The Hall–Kier alpha value is -2.53. The first-order chi connectivity index (χ1) is 13.1. The number of carbonyl (C=O) groups excluding carboxylic acids is 1. The van der Waals surface area contributed by atoms with Gasteiger partial charge in [-0.25, -0.2) is 0 Å². The topological polar surface area (TPSA) is 47.6 Å². The molecule has 2 aromatic carbocycles. The Bertz CT molecular complexity index is 719. The number of nitrogens with one attached hydrogen (secondary N) is 2. The summed E-state index contributed by atoms with van der Waals surface area (Å²) in [6.45, 7) is 7.64. The molecule has 2 N–H and O–H groups in total. The lowest BCUT2D eigenvalue weighted by Crippen LogP contribution is -2.44. The smallest absolute Gasteiger partial charge is 0.222 e. The molecule has 0 aliphatic carbocycles. The van der Waals surface area contributed by atoms with Gasteiger partial charge in [0.05, 0.1) is 0 Å². The highest BCUT2D eigenvalue weighted by Gasteiger charge is 2.13. The second-order valence-corrected chi connectivity index (χ2v) is 7.28. The Labute approximate surface area is 162 Å². The van der Waals surface area contributed by atoms with Gasteiger partial charge in [-0.3, -0.25) is 4.79 Å². The van der Waals surface area contributed by atoms with Crippen molar-refractivity contribution >= 4 is 17.3 Å². The Morgan fingerprint density at radius 2 is 1.63 bits per heavy atom. The quantitative estimate of drug-likeness (QED) is 0.791. The highest BCUT2D eigenvalue weighted by Crippen LogP contribution is 2.19. The number of nitrogens with zero attached hydrogens (tertiary/aromatic N) is 2. The van der Waals surface area contributed by atoms with E-state index in [1.165, 1.54) is 11.3 Å². The number of piperazine rings is 1. The molecule has 3 rings (SSSR count). The highest BCUT2D eigenvalue weighted by molar-refractivity contribution is 5.76. The lowest BCUT2D eigenvalue weighted by Gasteiger charge is -2.34. The molecule has 0 atom stereocenters. The summed E-state index contributed by atoms with van der Waals surface area (Å²) in [6, 6.07) is 16.7. The Balaban J connectivity index is 1.37. The van der Waals surface area contributed by atoms with Gasteiger partial charge in [-0.1, -0.05) is 29.8 Å². The van der Waals surface area contributed by atoms with Crippen LogP contribution in [-0.4, -0.2) is 50.6 Å². The van der Waals surface area contributed by atoms with Crippen LogP contribution in [0, 0.1) is 6.92 Å². The summed E-state index contributed by atoms with van der Waals surface area (Å²) in [7, 11) is 2.17. The average molecular weight is 367 g/mol. The van der Waals surface area contributed by atoms with Gasteiger partial charge in [-0.15, -0.1) is 0 Å². The zero-order chi connectivity index (χ0) is 19.1. The van der Waals surface area contributed by atoms with Crippen LogP contribution >= 0.6 is 0 Å². The largest absolute Gasteiger partial charge is 0.385 e. The molecule has 5 heteroatoms. The molecule has 1 fully saturated rings. The number of rotatable bonds is 7. The number of anilines is 2. The molecule has 1 heterocycles. The van der Waals surface area contributed by atoms with E-state index in [9.17, 15) is 4.79 Å². The molecule has 1 amide bonds. The number of hydrogen-bond donors (Lipinski definition) is 2. The van der Waals surface area contributed by atoms with Crippen LogP contribution in [0.5, 0.6) is 0 Å². The molecule has 0 spiro atoms. The van der Waals surface area contributed by atoms with E-state index in [0.29, 0.717) is 19.5 Å². The van der Waals surface area contributed by atoms with Crippen LogP contribution in [-0.2, 0) is 11.3 Å². The summed E-state index contributed by atoms with van der Waals surface area (Å²) < 4.78 is 0. The number of carbonyl (C=O) groups is 1. The molecular formula is C22H30N4O. The summed E-state index contributed by atoms with van der Waals surface area (Å²) >= 11 is 0. The molecular weight excluding hydrogens is 336 g/mol. The van der Waals surface area contributed by atoms with E-state index in [0.717, 1.165) is 37.4 Å². The van der Waals surface area contributed by atoms with Gasteiger partial charge in [-0.2, -0.15) is 0 Å². The number of benzene rings is 2. The normalized spacial score (nSPS) is 14.8. The van der Waals surface area contributed by atoms with Gasteiger partial charge in [-0.05, 0) is 43.8 Å². The molecule has 0 bridgehead atoms. The first-order valence-electron chi connectivity index (χ1n) is 9.70. The van der Waals surface area contributed by atoms with Crippen molar-refractivity contribution in [3.8, 4) is 0 Å². The molecule has 2 aromatic rings. The van der Waals surface area contributed by atoms with Crippen molar-refractivity contribution in [2.45, 2.75) is 19.9 Å². The van der Waals surface area contributed by atoms with Gasteiger partial charge in [0.15, 0.2) is 0 Å². The lowest BCUT2D eigenvalue weighted by atomic mass is 10.1. The Morgan fingerprint density at radius 3 is 2.30 bits per heavy atom. The van der Waals surface area contributed by atoms with Crippen molar-refractivity contribution in [3.63, 3.8) is 0 Å². The van der Waals surface area contributed by atoms with E-state index in [2.05, 4.69) is 82.9 Å². The van der Waals surface area contributed by atoms with Gasteiger partial charge in [0.1, 0.15) is 0 Å². The minimum Gasteiger partial charge on any atom is -0.385 e. The number of hydrogen-bond acceptors (Lipinski definition) is 4. The molecule has 144 valence electrons. The van der Waals surface area contributed by atoms with Crippen molar-refractivity contribution < 1.29 is 4.79 Å². The van der Waals surface area contributed by atoms with Crippen molar-refractivity contribution in [1.82, 2.24) is 10.2 Å². The monoisotopic (exact) mass is 366 g/mol. The fourth-order valence-corrected chi connectivity index (χ4v) is 3.17. The third-order valence-electron chi connectivity index (χ3n) is 5.03. The van der Waals surface area contributed by atoms with E-state index in [-0.39, 0.29) is 5.91 Å². The maximum atomic E-state index is 12.0. The molecule has 1 saturated heterocycles. The molecule has 0 unspecified atom stereocenters. The van der Waals surface area contributed by atoms with Crippen molar-refractivity contribution in [2.75, 3.05) is 50.0 Å². The first-order valence-corrected chi connectivity index (χ1v) is 9.70. The third-order valence-corrected chi connectivity index (χ3v) is 5.03. The summed E-state index contributed by atoms with van der Waals surface area (Å²) in [4.78, 5) is 16.8. The van der Waals surface area contributed by atoms with Crippen molar-refractivity contribution in [3.05, 3.63) is 59.7 Å². The van der Waals surface area contributed by atoms with E-state index in [4.69, 9.17) is 0 Å². The molecule has 0 saturated carbocycles. The van der Waals surface area contributed by atoms with Gasteiger partial charge in [0.2, 0.25) is 5.91 Å². The SMILES string of the molecule is Cc1ccc(CNC(=O)CCNc2ccc(N3CCN(C)CC3)cc2)cc1. The third kappa shape index (κ3) is 6.00. The van der Waals surface area contributed by atoms with Crippen LogP contribution in [0.25, 0.3) is 0 Å². The lowest BCUT2D eigenvalue weighted by molar-refractivity contribution is -0.121. The minimum atomic E-state index is 0.0668. The summed E-state index contributed by atoms with van der Waals surface area (Å²) in [5, 5.41) is 6.30. The predicted molar refractivity (Wildman–Crippen MR) is 112 cm³/mol. The van der Waals surface area contributed by atoms with E-state index in [1.54, 1.807) is 0 Å². The molecule has 5 nitrogen and oxygen atoms in total. The van der Waals surface area contributed by atoms with Crippen LogP contribution in [0.15, 0.2) is 48.5 Å². The van der Waals surface area contributed by atoms with Gasteiger partial charge in [0.25, 0.3) is 0 Å². The maximum absolute atomic E-state index is 12.0. The average Bonchev–Trinajstić information content (AvgIpc) is 2.69.